The summed E-state index contributed by atoms with van der Waals surface area (Å²) in [7, 11) is -1.98. The number of amides is 1. The van der Waals surface area contributed by atoms with Crippen LogP contribution < -0.4 is 5.32 Å². The first-order valence-electron chi connectivity index (χ1n) is 8.62. The number of benzene rings is 1. The number of thiazole rings is 1. The largest absolute Gasteiger partial charge is 0.357 e. The average molecular weight is 439 g/mol. The van der Waals surface area contributed by atoms with Gasteiger partial charge in [-0.05, 0) is 11.6 Å². The molecule has 1 fully saturated rings. The normalized spacial score (nSPS) is 16.1. The summed E-state index contributed by atoms with van der Waals surface area (Å²) in [6.45, 7) is 1.09. The summed E-state index contributed by atoms with van der Waals surface area (Å²) in [5.74, 6) is 0.547. The molecule has 0 atom stereocenters. The van der Waals surface area contributed by atoms with Gasteiger partial charge in [0.05, 0.1) is 23.5 Å². The molecule has 0 aliphatic carbocycles. The second kappa shape index (κ2) is 9.08. The van der Waals surface area contributed by atoms with Crippen LogP contribution in [0, 0.1) is 0 Å². The fourth-order valence-electron chi connectivity index (χ4n) is 2.52. The maximum absolute atomic E-state index is 12.5. The average Bonchev–Trinajstić information content (AvgIpc) is 3.30. The van der Waals surface area contributed by atoms with E-state index in [2.05, 4.69) is 22.4 Å². The molecule has 1 aromatic carbocycles. The number of hydrogen-bond donors (Lipinski definition) is 1. The van der Waals surface area contributed by atoms with E-state index in [1.165, 1.54) is 23.9 Å². The van der Waals surface area contributed by atoms with E-state index in [0.717, 1.165) is 32.2 Å². The van der Waals surface area contributed by atoms with Crippen LogP contribution >= 0.6 is 23.1 Å². The van der Waals surface area contributed by atoms with E-state index >= 15 is 0 Å². The van der Waals surface area contributed by atoms with Crippen molar-refractivity contribution in [2.45, 2.75) is 6.54 Å². The molecule has 1 aliphatic heterocycles. The minimum atomic E-state index is -3.39. The van der Waals surface area contributed by atoms with Crippen LogP contribution in [0.25, 0.3) is 6.08 Å². The van der Waals surface area contributed by atoms with E-state index in [1.807, 2.05) is 29.7 Å². The predicted molar refractivity (Wildman–Crippen MR) is 116 cm³/mol. The Morgan fingerprint density at radius 3 is 2.82 bits per heavy atom. The molecule has 1 amide bonds. The molecule has 1 aliphatic rings. The maximum atomic E-state index is 12.5. The van der Waals surface area contributed by atoms with Crippen LogP contribution in [0.2, 0.25) is 0 Å². The molecule has 2 heterocycles. The molecule has 1 saturated heterocycles. The van der Waals surface area contributed by atoms with Crippen molar-refractivity contribution < 1.29 is 13.2 Å². The number of rotatable bonds is 7. The van der Waals surface area contributed by atoms with Crippen LogP contribution in [-0.4, -0.2) is 60.7 Å². The smallest absolute Gasteiger partial charge is 0.242 e. The molecule has 28 heavy (non-hydrogen) atoms. The molecule has 0 radical (unpaired) electrons. The van der Waals surface area contributed by atoms with Gasteiger partial charge in [0.25, 0.3) is 0 Å². The number of nitrogens with zero attached hydrogens (tertiary/aromatic N) is 3. The highest BCUT2D eigenvalue weighted by atomic mass is 32.2. The van der Waals surface area contributed by atoms with E-state index in [4.69, 9.17) is 0 Å². The van der Waals surface area contributed by atoms with Crippen LogP contribution in [-0.2, 0) is 21.4 Å². The van der Waals surface area contributed by atoms with Gasteiger partial charge < -0.3 is 10.2 Å². The molecule has 3 rings (SSSR count). The monoisotopic (exact) mass is 438 g/mol. The first-order chi connectivity index (χ1) is 13.3. The lowest BCUT2D eigenvalue weighted by Crippen LogP contribution is -2.38. The Morgan fingerprint density at radius 2 is 2.11 bits per heavy atom. The summed E-state index contributed by atoms with van der Waals surface area (Å²) in [5, 5.41) is 6.85. The summed E-state index contributed by atoms with van der Waals surface area (Å²) >= 11 is 3.08. The second-order valence-corrected chi connectivity index (χ2v) is 10.4. The van der Waals surface area contributed by atoms with Crippen molar-refractivity contribution in [2.24, 2.45) is 0 Å². The first-order valence-corrected chi connectivity index (χ1v) is 12.3. The maximum Gasteiger partial charge on any atom is 0.242 e. The summed E-state index contributed by atoms with van der Waals surface area (Å²) in [5.41, 5.74) is 1.95. The zero-order chi connectivity index (χ0) is 20.1. The van der Waals surface area contributed by atoms with Gasteiger partial charge in [0.2, 0.25) is 15.9 Å². The Balaban J connectivity index is 1.64. The van der Waals surface area contributed by atoms with Gasteiger partial charge in [-0.1, -0.05) is 30.3 Å². The lowest BCUT2D eigenvalue weighted by molar-refractivity contribution is -0.128. The third kappa shape index (κ3) is 5.57. The van der Waals surface area contributed by atoms with E-state index < -0.39 is 10.0 Å². The molecule has 10 heteroatoms. The van der Waals surface area contributed by atoms with Crippen molar-refractivity contribution in [1.29, 1.82) is 0 Å². The molecule has 0 bridgehead atoms. The highest BCUT2D eigenvalue weighted by Gasteiger charge is 2.27. The quantitative estimate of drug-likeness (QED) is 0.715. The zero-order valence-electron chi connectivity index (χ0n) is 15.7. The van der Waals surface area contributed by atoms with Gasteiger partial charge in [-0.25, -0.2) is 13.4 Å². The Bertz CT molecular complexity index is 957. The van der Waals surface area contributed by atoms with E-state index in [9.17, 15) is 13.2 Å². The van der Waals surface area contributed by atoms with Crippen LogP contribution in [0.15, 0.2) is 40.7 Å². The minimum absolute atomic E-state index is 0.169. The first kappa shape index (κ1) is 20.8. The lowest BCUT2D eigenvalue weighted by Gasteiger charge is -2.20. The molecular formula is C18H22N4O3S3. The molecular weight excluding hydrogens is 416 g/mol. The van der Waals surface area contributed by atoms with Gasteiger partial charge >= 0.3 is 0 Å². The molecule has 150 valence electrons. The third-order valence-electron chi connectivity index (χ3n) is 4.14. The van der Waals surface area contributed by atoms with Gasteiger partial charge in [0.15, 0.2) is 5.13 Å². The molecule has 7 nitrogen and oxygen atoms in total. The summed E-state index contributed by atoms with van der Waals surface area (Å²) in [6, 6.07) is 10.1. The van der Waals surface area contributed by atoms with E-state index in [0.29, 0.717) is 13.1 Å². The SMILES string of the molecule is CN(CC(=O)N1CCS/C1=C/c1csc(NCc2ccccc2)n1)S(C)(=O)=O. The number of sulfonamides is 1. The number of carbonyl (C=O) groups is 1. The number of nitrogens with one attached hydrogen (secondary N) is 1. The Labute approximate surface area is 173 Å². The Morgan fingerprint density at radius 1 is 1.36 bits per heavy atom. The van der Waals surface area contributed by atoms with Gasteiger partial charge in [-0.2, -0.15) is 4.31 Å². The van der Waals surface area contributed by atoms with Crippen molar-refractivity contribution in [1.82, 2.24) is 14.2 Å². The summed E-state index contributed by atoms with van der Waals surface area (Å²) in [6.07, 6.45) is 2.97. The topological polar surface area (TPSA) is 82.6 Å². The molecule has 0 saturated carbocycles. The number of aromatic nitrogens is 1. The summed E-state index contributed by atoms with van der Waals surface area (Å²) < 4.78 is 24.1. The van der Waals surface area contributed by atoms with Gasteiger partial charge in [-0.3, -0.25) is 4.79 Å². The lowest BCUT2D eigenvalue weighted by atomic mass is 10.2. The number of anilines is 1. The highest BCUT2D eigenvalue weighted by Crippen LogP contribution is 2.30. The van der Waals surface area contributed by atoms with Crippen LogP contribution in [0.4, 0.5) is 5.13 Å². The Kier molecular flexibility index (Phi) is 6.76. The fourth-order valence-corrected chi connectivity index (χ4v) is 4.57. The standard InChI is InChI=1S/C18H22N4O3S3/c1-21(28(2,24)25)12-16(23)22-8-9-26-17(22)10-15-13-27-18(20-15)19-11-14-6-4-3-5-7-14/h3-7,10,13H,8-9,11-12H2,1-2H3,(H,19,20)/b17-10+. The highest BCUT2D eigenvalue weighted by molar-refractivity contribution is 8.03. The molecule has 0 spiro atoms. The predicted octanol–water partition coefficient (Wildman–Crippen LogP) is 2.52. The van der Waals surface area contributed by atoms with Crippen molar-refractivity contribution in [3.63, 3.8) is 0 Å². The number of hydrogen-bond acceptors (Lipinski definition) is 7. The number of thioether (sulfide) groups is 1. The van der Waals surface area contributed by atoms with Crippen molar-refractivity contribution in [3.05, 3.63) is 52.0 Å². The van der Waals surface area contributed by atoms with Crippen LogP contribution in [0.1, 0.15) is 11.3 Å². The molecule has 1 aromatic heterocycles. The number of carbonyl (C=O) groups excluding carboxylic acids is 1. The minimum Gasteiger partial charge on any atom is -0.357 e. The van der Waals surface area contributed by atoms with Crippen molar-refractivity contribution >= 4 is 50.2 Å². The number of likely N-dealkylation sites (N-methyl/N-ethyl adjacent to an activating group) is 1. The van der Waals surface area contributed by atoms with E-state index in [1.54, 1.807) is 16.7 Å². The van der Waals surface area contributed by atoms with Crippen molar-refractivity contribution in [2.75, 3.05) is 37.5 Å². The van der Waals surface area contributed by atoms with E-state index in [-0.39, 0.29) is 12.5 Å². The van der Waals surface area contributed by atoms with Gasteiger partial charge in [-0.15, -0.1) is 23.1 Å². The van der Waals surface area contributed by atoms with Crippen molar-refractivity contribution in [3.8, 4) is 0 Å². The fraction of sp³-hybridized carbons (Fsp3) is 0.333. The second-order valence-electron chi connectivity index (χ2n) is 6.31. The van der Waals surface area contributed by atoms with Crippen LogP contribution in [0.5, 0.6) is 0 Å². The Hall–Kier alpha value is -1.88. The van der Waals surface area contributed by atoms with Gasteiger partial charge in [0.1, 0.15) is 0 Å². The summed E-state index contributed by atoms with van der Waals surface area (Å²) in [4.78, 5) is 18.7. The molecule has 1 N–H and O–H groups in total. The van der Waals surface area contributed by atoms with Gasteiger partial charge in [0, 0.05) is 31.3 Å². The molecule has 0 unspecified atom stereocenters. The van der Waals surface area contributed by atoms with Crippen LogP contribution in [0.3, 0.4) is 0 Å². The zero-order valence-corrected chi connectivity index (χ0v) is 18.1. The third-order valence-corrected chi connectivity index (χ3v) is 7.24. The molecule has 2 aromatic rings.